The van der Waals surface area contributed by atoms with Crippen molar-refractivity contribution in [3.8, 4) is 5.88 Å². The third-order valence-electron chi connectivity index (χ3n) is 7.75. The van der Waals surface area contributed by atoms with Crippen LogP contribution in [0.15, 0.2) is 41.4 Å². The molecule has 5 heterocycles. The second-order valence-corrected chi connectivity index (χ2v) is 11.0. The molecule has 0 radical (unpaired) electrons. The van der Waals surface area contributed by atoms with Gasteiger partial charge in [-0.25, -0.2) is 9.97 Å². The second kappa shape index (κ2) is 10.6. The summed E-state index contributed by atoms with van der Waals surface area (Å²) in [6, 6.07) is 9.86. The van der Waals surface area contributed by atoms with E-state index in [0.29, 0.717) is 24.0 Å². The summed E-state index contributed by atoms with van der Waals surface area (Å²) >= 11 is 1.51. The monoisotopic (exact) mass is 542 g/mol. The van der Waals surface area contributed by atoms with Gasteiger partial charge in [0.25, 0.3) is 0 Å². The normalized spacial score (nSPS) is 22.4. The van der Waals surface area contributed by atoms with Crippen LogP contribution in [0.5, 0.6) is 5.88 Å². The topological polar surface area (TPSA) is 113 Å². The van der Waals surface area contributed by atoms with Gasteiger partial charge >= 0.3 is 0 Å². The van der Waals surface area contributed by atoms with E-state index < -0.39 is 0 Å². The number of carbonyl (C=O) groups excluding carboxylic acids is 1. The molecule has 0 aromatic carbocycles. The number of methoxy groups -OCH3 is 1. The molecule has 0 bridgehead atoms. The summed E-state index contributed by atoms with van der Waals surface area (Å²) in [7, 11) is 1.63. The predicted octanol–water partition coefficient (Wildman–Crippen LogP) is 3.40. The maximum absolute atomic E-state index is 11.7. The zero-order valence-corrected chi connectivity index (χ0v) is 22.3. The smallest absolute Gasteiger partial charge is 0.235 e. The van der Waals surface area contributed by atoms with Crippen LogP contribution >= 0.6 is 24.2 Å². The van der Waals surface area contributed by atoms with Gasteiger partial charge in [-0.2, -0.15) is 0 Å². The van der Waals surface area contributed by atoms with E-state index in [1.165, 1.54) is 11.8 Å². The molecule has 3 aromatic heterocycles. The zero-order chi connectivity index (χ0) is 24.7. The summed E-state index contributed by atoms with van der Waals surface area (Å²) in [6.45, 7) is 2.40. The minimum Gasteiger partial charge on any atom is -0.481 e. The van der Waals surface area contributed by atoms with Gasteiger partial charge in [-0.15, -0.1) is 24.2 Å². The fraction of sp³-hybridized carbons (Fsp3) is 0.462. The lowest BCUT2D eigenvalue weighted by molar-refractivity contribution is -0.113. The third-order valence-corrected chi connectivity index (χ3v) is 8.80. The van der Waals surface area contributed by atoms with Gasteiger partial charge in [-0.05, 0) is 55.4 Å². The fourth-order valence-electron chi connectivity index (χ4n) is 5.81. The molecular formula is C26H31ClN6O3S. The highest BCUT2D eigenvalue weighted by atomic mass is 35.5. The van der Waals surface area contributed by atoms with Crippen LogP contribution in [-0.2, 0) is 11.3 Å². The number of nitrogens with one attached hydrogen (secondary N) is 2. The van der Waals surface area contributed by atoms with Crippen molar-refractivity contribution < 1.29 is 14.6 Å². The number of nitrogens with zero attached hydrogens (tertiary/aromatic N) is 4. The molecule has 2 fully saturated rings. The number of aromatic nitrogens is 3. The Morgan fingerprint density at radius 1 is 1.19 bits per heavy atom. The number of piperidine rings is 1. The number of amides is 1. The van der Waals surface area contributed by atoms with E-state index in [1.807, 2.05) is 36.5 Å². The Kier molecular flexibility index (Phi) is 7.44. The number of aliphatic hydroxyl groups is 1. The zero-order valence-electron chi connectivity index (χ0n) is 20.6. The van der Waals surface area contributed by atoms with Crippen LogP contribution in [0, 0.1) is 5.41 Å². The lowest BCUT2D eigenvalue weighted by atomic mass is 9.76. The lowest BCUT2D eigenvalue weighted by Gasteiger charge is -2.40. The van der Waals surface area contributed by atoms with E-state index in [1.54, 1.807) is 7.11 Å². The summed E-state index contributed by atoms with van der Waals surface area (Å²) in [4.78, 5) is 28.8. The number of fused-ring (bicyclic) bond motifs is 2. The van der Waals surface area contributed by atoms with Gasteiger partial charge in [0.05, 0.1) is 40.8 Å². The van der Waals surface area contributed by atoms with E-state index in [9.17, 15) is 9.90 Å². The van der Waals surface area contributed by atoms with Crippen molar-refractivity contribution in [1.82, 2.24) is 20.3 Å². The number of hydrogen-bond donors (Lipinski definition) is 3. The van der Waals surface area contributed by atoms with Crippen molar-refractivity contribution in [2.75, 3.05) is 36.2 Å². The van der Waals surface area contributed by atoms with Crippen LogP contribution < -0.4 is 20.3 Å². The Morgan fingerprint density at radius 3 is 2.84 bits per heavy atom. The predicted molar refractivity (Wildman–Crippen MR) is 147 cm³/mol. The minimum atomic E-state index is -0.378. The number of aliphatic hydroxyl groups excluding tert-OH is 1. The van der Waals surface area contributed by atoms with Gasteiger partial charge in [0.2, 0.25) is 11.8 Å². The van der Waals surface area contributed by atoms with Gasteiger partial charge < -0.3 is 25.4 Å². The maximum Gasteiger partial charge on any atom is 0.235 e. The first-order valence-corrected chi connectivity index (χ1v) is 13.4. The largest absolute Gasteiger partial charge is 0.481 e. The molecule has 2 aliphatic heterocycles. The number of ether oxygens (including phenoxy) is 1. The van der Waals surface area contributed by atoms with Crippen molar-refractivity contribution >= 4 is 52.6 Å². The summed E-state index contributed by atoms with van der Waals surface area (Å²) in [6.07, 6.45) is 5.27. The first-order valence-electron chi connectivity index (χ1n) is 12.4. The van der Waals surface area contributed by atoms with E-state index >= 15 is 0 Å². The Bertz CT molecular complexity index is 1300. The minimum absolute atomic E-state index is 0. The maximum atomic E-state index is 11.7. The van der Waals surface area contributed by atoms with E-state index in [-0.39, 0.29) is 35.9 Å². The summed E-state index contributed by atoms with van der Waals surface area (Å²) in [5.74, 6) is 1.65. The van der Waals surface area contributed by atoms with Gasteiger partial charge in [-0.1, -0.05) is 0 Å². The Hall–Kier alpha value is -2.66. The Labute approximate surface area is 226 Å². The quantitative estimate of drug-likeness (QED) is 0.446. The van der Waals surface area contributed by atoms with Gasteiger partial charge in [0.15, 0.2) is 0 Å². The highest BCUT2D eigenvalue weighted by molar-refractivity contribution is 8.00. The average molecular weight is 543 g/mol. The molecule has 1 spiro atoms. The van der Waals surface area contributed by atoms with Crippen molar-refractivity contribution in [2.24, 2.45) is 5.41 Å². The second-order valence-electron chi connectivity index (χ2n) is 9.99. The Morgan fingerprint density at radius 2 is 2.03 bits per heavy atom. The summed E-state index contributed by atoms with van der Waals surface area (Å²) < 4.78 is 5.34. The van der Waals surface area contributed by atoms with E-state index in [4.69, 9.17) is 4.74 Å². The van der Waals surface area contributed by atoms with Crippen molar-refractivity contribution in [3.63, 3.8) is 0 Å². The number of thioether (sulfide) groups is 1. The lowest BCUT2D eigenvalue weighted by Crippen LogP contribution is -2.40. The molecule has 196 valence electrons. The molecule has 3 aromatic rings. The molecule has 1 aliphatic carbocycles. The molecule has 37 heavy (non-hydrogen) atoms. The van der Waals surface area contributed by atoms with Gasteiger partial charge in [-0.3, -0.25) is 9.78 Å². The summed E-state index contributed by atoms with van der Waals surface area (Å²) in [5.41, 5.74) is 3.82. The van der Waals surface area contributed by atoms with Crippen LogP contribution in [-0.4, -0.2) is 64.1 Å². The average Bonchev–Trinajstić information content (AvgIpc) is 3.21. The molecule has 3 N–H and O–H groups in total. The number of rotatable bonds is 5. The van der Waals surface area contributed by atoms with Crippen molar-refractivity contribution in [2.45, 2.75) is 49.3 Å². The van der Waals surface area contributed by atoms with Crippen LogP contribution in [0.3, 0.4) is 0 Å². The number of anilines is 2. The number of carbonyl (C=O) groups is 1. The molecule has 2 atom stereocenters. The molecule has 0 unspecified atom stereocenters. The van der Waals surface area contributed by atoms with Gasteiger partial charge in [0.1, 0.15) is 11.3 Å². The van der Waals surface area contributed by atoms with Crippen LogP contribution in [0.1, 0.15) is 31.4 Å². The standard InChI is InChI=1S/C26H30N6O3S.ClH/c1-35-23-5-3-17-24(31-23)19(6-9-27-17)32-10-7-26(8-11-32)12-18(20(33)13-26)28-14-16-2-4-21-25(29-16)30-22(34)15-36-21;/h2-6,9,18,20,28,33H,7-8,10-15H2,1H3,(H,29,30,34);1H/t18-,20+;/m0./s1. The molecular weight excluding hydrogens is 512 g/mol. The van der Waals surface area contributed by atoms with E-state index in [0.717, 1.165) is 66.1 Å². The van der Waals surface area contributed by atoms with Crippen molar-refractivity contribution in [1.29, 1.82) is 0 Å². The van der Waals surface area contributed by atoms with Crippen LogP contribution in [0.25, 0.3) is 11.0 Å². The number of hydrogen-bond acceptors (Lipinski definition) is 9. The van der Waals surface area contributed by atoms with Crippen LogP contribution in [0.2, 0.25) is 0 Å². The van der Waals surface area contributed by atoms with Crippen LogP contribution in [0.4, 0.5) is 11.5 Å². The molecule has 9 nitrogen and oxygen atoms in total. The molecule has 11 heteroatoms. The Balaban J connectivity index is 0.00000280. The van der Waals surface area contributed by atoms with E-state index in [2.05, 4.69) is 30.5 Å². The van der Waals surface area contributed by atoms with Crippen molar-refractivity contribution in [3.05, 3.63) is 42.2 Å². The number of halogens is 1. The molecule has 3 aliphatic rings. The molecule has 6 rings (SSSR count). The summed E-state index contributed by atoms with van der Waals surface area (Å²) in [5, 5.41) is 17.3. The first-order chi connectivity index (χ1) is 17.5. The third kappa shape index (κ3) is 5.20. The van der Waals surface area contributed by atoms with Gasteiger partial charge in [0, 0.05) is 37.9 Å². The SMILES string of the molecule is COc1ccc2nccc(N3CCC4(CC3)C[C@@H](O)[C@@H](NCc3ccc5c(n3)NC(=O)CS5)C4)c2n1.Cl. The fourth-order valence-corrected chi connectivity index (χ4v) is 6.57. The molecule has 1 saturated carbocycles. The highest BCUT2D eigenvalue weighted by Crippen LogP contribution is 2.47. The first kappa shape index (κ1) is 26.0. The highest BCUT2D eigenvalue weighted by Gasteiger charge is 2.46. The number of pyridine rings is 3. The molecule has 1 saturated heterocycles. The molecule has 1 amide bonds.